The molecular formula is C18H18O5S. The van der Waals surface area contributed by atoms with E-state index in [0.717, 1.165) is 17.5 Å². The van der Waals surface area contributed by atoms with Gasteiger partial charge in [-0.25, -0.2) is 4.21 Å². The van der Waals surface area contributed by atoms with E-state index in [-0.39, 0.29) is 23.7 Å². The van der Waals surface area contributed by atoms with Gasteiger partial charge in [0.15, 0.2) is 11.5 Å². The minimum atomic E-state index is -1.54. The fourth-order valence-electron chi connectivity index (χ4n) is 3.27. The Morgan fingerprint density at radius 3 is 2.75 bits per heavy atom. The van der Waals surface area contributed by atoms with Gasteiger partial charge in [0.1, 0.15) is 5.75 Å². The Hall–Kier alpha value is -2.05. The van der Waals surface area contributed by atoms with Gasteiger partial charge in [0.25, 0.3) is 0 Å². The van der Waals surface area contributed by atoms with Gasteiger partial charge < -0.3 is 19.3 Å². The number of fused-ring (bicyclic) bond motifs is 3. The first kappa shape index (κ1) is 15.5. The van der Waals surface area contributed by atoms with Crippen LogP contribution in [-0.4, -0.2) is 29.3 Å². The monoisotopic (exact) mass is 346 g/mol. The predicted molar refractivity (Wildman–Crippen MR) is 88.2 cm³/mol. The number of hydrogen-bond donors (Lipinski definition) is 1. The number of phenols is 1. The molecule has 0 aliphatic carbocycles. The van der Waals surface area contributed by atoms with Crippen LogP contribution in [0.2, 0.25) is 0 Å². The second-order valence-corrected chi connectivity index (χ2v) is 7.42. The summed E-state index contributed by atoms with van der Waals surface area (Å²) >= 11 is 0. The summed E-state index contributed by atoms with van der Waals surface area (Å²) in [5.41, 5.74) is 1.86. The van der Waals surface area contributed by atoms with Crippen molar-refractivity contribution in [1.82, 2.24) is 0 Å². The van der Waals surface area contributed by atoms with E-state index in [2.05, 4.69) is 0 Å². The normalized spacial score (nSPS) is 22.6. The largest absolute Gasteiger partial charge is 0.503 e. The van der Waals surface area contributed by atoms with E-state index in [1.165, 1.54) is 7.11 Å². The van der Waals surface area contributed by atoms with E-state index < -0.39 is 10.8 Å². The van der Waals surface area contributed by atoms with Gasteiger partial charge >= 0.3 is 0 Å². The van der Waals surface area contributed by atoms with Crippen LogP contribution in [0.4, 0.5) is 0 Å². The molecule has 2 aliphatic heterocycles. The SMILES string of the molecule is COc1cc2c(c([S@@](=O)c3ccc(C)cc3)c1O)[C@@H]1CCO[C@@H]1O2. The van der Waals surface area contributed by atoms with Gasteiger partial charge in [-0.15, -0.1) is 0 Å². The first-order valence-corrected chi connectivity index (χ1v) is 8.95. The number of ether oxygens (including phenoxy) is 3. The number of aromatic hydroxyl groups is 1. The summed E-state index contributed by atoms with van der Waals surface area (Å²) in [6.45, 7) is 2.57. The lowest BCUT2D eigenvalue weighted by molar-refractivity contribution is -0.0338. The molecule has 0 aromatic heterocycles. The summed E-state index contributed by atoms with van der Waals surface area (Å²) < 4.78 is 29.8. The molecule has 0 saturated carbocycles. The van der Waals surface area contributed by atoms with Crippen LogP contribution in [0.15, 0.2) is 40.1 Å². The van der Waals surface area contributed by atoms with Crippen LogP contribution < -0.4 is 9.47 Å². The fraction of sp³-hybridized carbons (Fsp3) is 0.333. The van der Waals surface area contributed by atoms with Crippen molar-refractivity contribution < 1.29 is 23.5 Å². The Morgan fingerprint density at radius 2 is 2.04 bits per heavy atom. The third kappa shape index (κ3) is 2.29. The molecule has 1 fully saturated rings. The van der Waals surface area contributed by atoms with Crippen LogP contribution in [0.25, 0.3) is 0 Å². The van der Waals surface area contributed by atoms with Crippen molar-refractivity contribution in [2.24, 2.45) is 0 Å². The quantitative estimate of drug-likeness (QED) is 0.925. The number of rotatable bonds is 3. The number of benzene rings is 2. The Labute approximate surface area is 142 Å². The molecule has 1 N–H and O–H groups in total. The first-order chi connectivity index (χ1) is 11.6. The average Bonchev–Trinajstić information content (AvgIpc) is 3.15. The van der Waals surface area contributed by atoms with E-state index >= 15 is 0 Å². The highest BCUT2D eigenvalue weighted by Crippen LogP contribution is 2.52. The molecule has 2 heterocycles. The number of phenolic OH excluding ortho intramolecular Hbond substituents is 1. The van der Waals surface area contributed by atoms with Crippen LogP contribution >= 0.6 is 0 Å². The molecule has 0 spiro atoms. The molecule has 0 amide bonds. The molecular weight excluding hydrogens is 328 g/mol. The third-order valence-corrected chi connectivity index (χ3v) is 6.00. The second kappa shape index (κ2) is 5.79. The number of hydrogen-bond acceptors (Lipinski definition) is 5. The highest BCUT2D eigenvalue weighted by Gasteiger charge is 2.43. The Balaban J connectivity index is 1.89. The minimum Gasteiger partial charge on any atom is -0.503 e. The zero-order valence-corrected chi connectivity index (χ0v) is 14.3. The van der Waals surface area contributed by atoms with Crippen molar-refractivity contribution in [1.29, 1.82) is 0 Å². The van der Waals surface area contributed by atoms with E-state index in [1.807, 2.05) is 31.2 Å². The highest BCUT2D eigenvalue weighted by molar-refractivity contribution is 7.85. The molecule has 2 aromatic carbocycles. The summed E-state index contributed by atoms with van der Waals surface area (Å²) in [7, 11) is -0.0707. The molecule has 0 radical (unpaired) electrons. The van der Waals surface area contributed by atoms with Crippen LogP contribution in [-0.2, 0) is 15.5 Å². The minimum absolute atomic E-state index is 0.0128. The average molecular weight is 346 g/mol. The molecule has 0 bridgehead atoms. The standard InChI is InChI=1S/C18H18O5S/c1-10-3-5-11(6-4-10)24(20)17-15-12-7-8-22-18(12)23-13(15)9-14(21-2)16(17)19/h3-6,9,12,18-19H,7-8H2,1-2H3/t12-,18+,24-/m0/s1. The van der Waals surface area contributed by atoms with Gasteiger partial charge in [-0.3, -0.25) is 0 Å². The number of aryl methyl sites for hydroxylation is 1. The van der Waals surface area contributed by atoms with Gasteiger partial charge in [-0.1, -0.05) is 17.7 Å². The molecule has 4 rings (SSSR count). The van der Waals surface area contributed by atoms with Crippen LogP contribution in [0.1, 0.15) is 23.5 Å². The molecule has 0 unspecified atom stereocenters. The van der Waals surface area contributed by atoms with Crippen molar-refractivity contribution in [2.45, 2.75) is 35.3 Å². The van der Waals surface area contributed by atoms with Gasteiger partial charge in [0.2, 0.25) is 6.29 Å². The molecule has 2 aromatic rings. The molecule has 24 heavy (non-hydrogen) atoms. The predicted octanol–water partition coefficient (Wildman–Crippen LogP) is 3.10. The summed E-state index contributed by atoms with van der Waals surface area (Å²) in [6.07, 6.45) is 0.405. The van der Waals surface area contributed by atoms with Crippen molar-refractivity contribution in [3.8, 4) is 17.2 Å². The Kier molecular flexibility index (Phi) is 3.73. The summed E-state index contributed by atoms with van der Waals surface area (Å²) in [4.78, 5) is 1.000. The van der Waals surface area contributed by atoms with Crippen LogP contribution in [0.3, 0.4) is 0 Å². The van der Waals surface area contributed by atoms with Crippen molar-refractivity contribution >= 4 is 10.8 Å². The molecule has 1 saturated heterocycles. The van der Waals surface area contributed by atoms with E-state index in [1.54, 1.807) is 6.07 Å². The highest BCUT2D eigenvalue weighted by atomic mass is 32.2. The molecule has 3 atom stereocenters. The van der Waals surface area contributed by atoms with Crippen LogP contribution in [0, 0.1) is 6.92 Å². The molecule has 126 valence electrons. The van der Waals surface area contributed by atoms with Gasteiger partial charge in [-0.2, -0.15) is 0 Å². The van der Waals surface area contributed by atoms with Crippen molar-refractivity contribution in [3.05, 3.63) is 41.5 Å². The first-order valence-electron chi connectivity index (χ1n) is 7.80. The van der Waals surface area contributed by atoms with E-state index in [0.29, 0.717) is 22.1 Å². The van der Waals surface area contributed by atoms with Crippen molar-refractivity contribution in [2.75, 3.05) is 13.7 Å². The maximum atomic E-state index is 13.2. The fourth-order valence-corrected chi connectivity index (χ4v) is 4.62. The zero-order valence-electron chi connectivity index (χ0n) is 13.4. The molecule has 6 heteroatoms. The maximum absolute atomic E-state index is 13.2. The topological polar surface area (TPSA) is 65.0 Å². The number of methoxy groups -OCH3 is 1. The summed E-state index contributed by atoms with van der Waals surface area (Å²) in [6, 6.07) is 9.08. The van der Waals surface area contributed by atoms with Crippen LogP contribution in [0.5, 0.6) is 17.2 Å². The lowest BCUT2D eigenvalue weighted by Gasteiger charge is -2.15. The third-order valence-electron chi connectivity index (χ3n) is 4.51. The second-order valence-electron chi connectivity index (χ2n) is 6.00. The van der Waals surface area contributed by atoms with Gasteiger partial charge in [0, 0.05) is 16.5 Å². The smallest absolute Gasteiger partial charge is 0.207 e. The summed E-state index contributed by atoms with van der Waals surface area (Å²) in [5.74, 6) is 0.728. The lowest BCUT2D eigenvalue weighted by atomic mass is 9.98. The molecule has 5 nitrogen and oxygen atoms in total. The maximum Gasteiger partial charge on any atom is 0.207 e. The van der Waals surface area contributed by atoms with Crippen molar-refractivity contribution in [3.63, 3.8) is 0 Å². The van der Waals surface area contributed by atoms with Gasteiger partial charge in [0.05, 0.1) is 35.3 Å². The van der Waals surface area contributed by atoms with Gasteiger partial charge in [-0.05, 0) is 25.5 Å². The Morgan fingerprint density at radius 1 is 1.29 bits per heavy atom. The molecule has 2 aliphatic rings. The van der Waals surface area contributed by atoms with E-state index in [4.69, 9.17) is 14.2 Å². The van der Waals surface area contributed by atoms with E-state index in [9.17, 15) is 9.32 Å². The Bertz CT molecular complexity index is 815. The zero-order chi connectivity index (χ0) is 16.8. The summed E-state index contributed by atoms with van der Waals surface area (Å²) in [5, 5.41) is 10.6. The lowest BCUT2D eigenvalue weighted by Crippen LogP contribution is -2.14.